The number of nitrogens with two attached hydrogens (primary N) is 1. The summed E-state index contributed by atoms with van der Waals surface area (Å²) >= 11 is 12.1. The van der Waals surface area contributed by atoms with Crippen LogP contribution in [-0.2, 0) is 51.6 Å². The molecule has 0 bridgehead atoms. The maximum atomic E-state index is 13.4. The van der Waals surface area contributed by atoms with Gasteiger partial charge in [0.15, 0.2) is 19.7 Å². The smallest absolute Gasteiger partial charge is 0.475 e. The molecule has 426 valence electrons. The van der Waals surface area contributed by atoms with Gasteiger partial charge in [-0.2, -0.15) is 13.2 Å². The topological polar surface area (TPSA) is 269 Å². The molecule has 5 amide bonds. The van der Waals surface area contributed by atoms with Crippen LogP contribution < -0.4 is 21.7 Å². The number of ether oxygens (including phenoxy) is 1. The zero-order chi connectivity index (χ0) is 58.2. The van der Waals surface area contributed by atoms with Gasteiger partial charge in [0.05, 0.1) is 20.9 Å². The first kappa shape index (κ1) is 64.3. The number of likely N-dealkylation sites (tertiary alicyclic amines) is 2. The van der Waals surface area contributed by atoms with Gasteiger partial charge in [0.1, 0.15) is 5.60 Å². The van der Waals surface area contributed by atoms with Gasteiger partial charge in [-0.05, 0) is 119 Å². The van der Waals surface area contributed by atoms with E-state index in [1.807, 2.05) is 30.3 Å². The van der Waals surface area contributed by atoms with Crippen molar-refractivity contribution in [2.24, 2.45) is 5.73 Å². The third-order valence-electron chi connectivity index (χ3n) is 12.0. The number of benzene rings is 4. The lowest BCUT2D eigenvalue weighted by Gasteiger charge is -2.28. The minimum atomic E-state index is -5.08. The van der Waals surface area contributed by atoms with Crippen molar-refractivity contribution in [3.05, 3.63) is 129 Å². The molecule has 2 aliphatic heterocycles. The van der Waals surface area contributed by atoms with Gasteiger partial charge in [0.2, 0.25) is 11.8 Å². The molecule has 25 heteroatoms. The molecule has 0 unspecified atom stereocenters. The Bertz CT molecular complexity index is 3000. The number of rotatable bonds is 17. The second-order valence-corrected chi connectivity index (χ2v) is 24.5. The molecule has 0 aliphatic carbocycles. The van der Waals surface area contributed by atoms with Crippen molar-refractivity contribution in [1.29, 1.82) is 0 Å². The SMILES string of the molecule is CC(C)(C)OC(=O)N[C@@H](CC(=O)N1CCC[C@H]1CNC(=O)c1ccccc1S(C)(=O)=O)Cc1cccc(Cl)c1.CS(=O)(=O)c1ccccc1C(=O)NC[C@@H]1CCCN1C(=O)C[C@H](N)Cc1cccc(Cl)c1.O=C(O)C(F)(F)F. The first-order chi connectivity index (χ1) is 36.3. The number of hydrogen-bond donors (Lipinski definition) is 5. The van der Waals surface area contributed by atoms with Crippen molar-refractivity contribution in [3.8, 4) is 0 Å². The fourth-order valence-electron chi connectivity index (χ4n) is 8.62. The van der Waals surface area contributed by atoms with Gasteiger partial charge < -0.3 is 41.3 Å². The number of nitrogens with one attached hydrogen (secondary N) is 3. The standard InChI is InChI=1S/C28H36ClN3O6S.C23H28ClN3O4S.C2HF3O2/c1-28(2,3)38-27(35)31-21(16-19-9-7-10-20(29)15-19)17-25(33)32-14-8-11-22(32)18-30-26(34)23-12-5-6-13-24(23)39(4,36)37;1-32(30,31)21-10-3-2-9-20(21)23(29)26-15-19-8-5-11-27(19)22(28)14-18(25)13-16-6-4-7-17(24)12-16;3-2(4,5)1(6)7/h5-7,9-10,12-13,15,21-22H,8,11,14,16-18H2,1-4H3,(H,30,34)(H,31,35);2-4,6-7,9-10,12,18-19H,5,8,11,13-15,25H2,1H3,(H,26,29);(H,6,7)/t21-,22+;18-,19+;/m11./s1. The largest absolute Gasteiger partial charge is 0.490 e. The predicted molar refractivity (Wildman–Crippen MR) is 288 cm³/mol. The Morgan fingerprint density at radius 3 is 1.49 bits per heavy atom. The molecule has 0 saturated carbocycles. The van der Waals surface area contributed by atoms with Gasteiger partial charge in [-0.25, -0.2) is 26.4 Å². The molecule has 4 aromatic rings. The molecule has 0 spiro atoms. The highest BCUT2D eigenvalue weighted by Crippen LogP contribution is 2.24. The Labute approximate surface area is 462 Å². The fourth-order valence-corrected chi connectivity index (χ4v) is 10.8. The zero-order valence-corrected chi connectivity index (χ0v) is 46.8. The Balaban J connectivity index is 0.000000304. The van der Waals surface area contributed by atoms with Crippen LogP contribution in [0.3, 0.4) is 0 Å². The average Bonchev–Trinajstić information content (AvgIpc) is 4.02. The average molecular weight is 1170 g/mol. The number of carboxylic acids is 1. The Hall–Kier alpha value is -6.27. The molecular formula is C53H65Cl2F3N6O12S2. The van der Waals surface area contributed by atoms with Gasteiger partial charge in [-0.3, -0.25) is 19.2 Å². The van der Waals surface area contributed by atoms with Gasteiger partial charge in [0, 0.05) is 85.7 Å². The summed E-state index contributed by atoms with van der Waals surface area (Å²) in [5.41, 5.74) is 7.54. The van der Waals surface area contributed by atoms with Crippen molar-refractivity contribution in [2.75, 3.05) is 38.7 Å². The lowest BCUT2D eigenvalue weighted by Crippen LogP contribution is -2.47. The molecule has 4 atom stereocenters. The molecule has 6 N–H and O–H groups in total. The normalized spacial score (nSPS) is 16.3. The summed E-state index contributed by atoms with van der Waals surface area (Å²) in [5, 5.41) is 16.7. The second kappa shape index (κ2) is 28.6. The summed E-state index contributed by atoms with van der Waals surface area (Å²) in [6.07, 6.45) is 0.664. The van der Waals surface area contributed by atoms with E-state index in [0.717, 1.165) is 42.9 Å². The first-order valence-electron chi connectivity index (χ1n) is 24.6. The van der Waals surface area contributed by atoms with E-state index >= 15 is 0 Å². The molecule has 0 aromatic heterocycles. The van der Waals surface area contributed by atoms with Crippen molar-refractivity contribution < 1.29 is 68.6 Å². The molecule has 2 aliphatic rings. The number of carbonyl (C=O) groups is 6. The maximum absolute atomic E-state index is 13.4. The summed E-state index contributed by atoms with van der Waals surface area (Å²) < 4.78 is 85.2. The zero-order valence-electron chi connectivity index (χ0n) is 43.6. The van der Waals surface area contributed by atoms with Gasteiger partial charge in [-0.1, -0.05) is 71.7 Å². The van der Waals surface area contributed by atoms with Crippen LogP contribution >= 0.6 is 23.2 Å². The minimum absolute atomic E-state index is 0.0103. The highest BCUT2D eigenvalue weighted by molar-refractivity contribution is 7.91. The summed E-state index contributed by atoms with van der Waals surface area (Å²) in [5.74, 6) is -3.95. The number of alkyl carbamates (subject to hydrolysis) is 1. The van der Waals surface area contributed by atoms with Gasteiger partial charge in [-0.15, -0.1) is 0 Å². The van der Waals surface area contributed by atoms with E-state index in [2.05, 4.69) is 16.0 Å². The minimum Gasteiger partial charge on any atom is -0.475 e. The van der Waals surface area contributed by atoms with Crippen LogP contribution in [0.5, 0.6) is 0 Å². The molecule has 2 fully saturated rings. The fraction of sp³-hybridized carbons (Fsp3) is 0.434. The van der Waals surface area contributed by atoms with Crippen molar-refractivity contribution in [3.63, 3.8) is 0 Å². The molecule has 6 rings (SSSR count). The van der Waals surface area contributed by atoms with Crippen LogP contribution in [0.1, 0.15) is 91.1 Å². The van der Waals surface area contributed by atoms with E-state index in [0.29, 0.717) is 42.4 Å². The monoisotopic (exact) mass is 1170 g/mol. The van der Waals surface area contributed by atoms with Crippen molar-refractivity contribution in [1.82, 2.24) is 25.8 Å². The number of alkyl halides is 3. The quantitative estimate of drug-likeness (QED) is 0.0710. The summed E-state index contributed by atoms with van der Waals surface area (Å²) in [4.78, 5) is 76.6. The second-order valence-electron chi connectivity index (χ2n) is 19.7. The highest BCUT2D eigenvalue weighted by atomic mass is 35.5. The Kier molecular flexibility index (Phi) is 23.5. The number of carboxylic acid groups (broad SMARTS) is 1. The van der Waals surface area contributed by atoms with Crippen LogP contribution in [0, 0.1) is 0 Å². The van der Waals surface area contributed by atoms with Crippen LogP contribution in [0.4, 0.5) is 18.0 Å². The number of sulfone groups is 2. The first-order valence-corrected chi connectivity index (χ1v) is 29.1. The van der Waals surface area contributed by atoms with E-state index in [4.69, 9.17) is 43.6 Å². The molecule has 2 saturated heterocycles. The Morgan fingerprint density at radius 1 is 0.679 bits per heavy atom. The third-order valence-corrected chi connectivity index (χ3v) is 14.8. The summed E-state index contributed by atoms with van der Waals surface area (Å²) in [6.45, 7) is 6.87. The van der Waals surface area contributed by atoms with E-state index in [1.54, 1.807) is 73.0 Å². The van der Waals surface area contributed by atoms with E-state index in [1.165, 1.54) is 24.3 Å². The number of amides is 5. The van der Waals surface area contributed by atoms with Crippen LogP contribution in [0.2, 0.25) is 10.0 Å². The summed E-state index contributed by atoms with van der Waals surface area (Å²) in [6, 6.07) is 25.5. The lowest BCUT2D eigenvalue weighted by atomic mass is 10.0. The van der Waals surface area contributed by atoms with Gasteiger partial charge in [0.25, 0.3) is 11.8 Å². The van der Waals surface area contributed by atoms with E-state index in [9.17, 15) is 54.0 Å². The van der Waals surface area contributed by atoms with Crippen molar-refractivity contribution in [2.45, 2.75) is 118 Å². The number of carbonyl (C=O) groups excluding carboxylic acids is 5. The molecule has 2 heterocycles. The van der Waals surface area contributed by atoms with Crippen LogP contribution in [-0.4, -0.2) is 142 Å². The van der Waals surface area contributed by atoms with Gasteiger partial charge >= 0.3 is 18.2 Å². The number of halogens is 5. The molecule has 0 radical (unpaired) electrons. The molecular weight excluding hydrogens is 1100 g/mol. The summed E-state index contributed by atoms with van der Waals surface area (Å²) in [7, 11) is -7.11. The van der Waals surface area contributed by atoms with E-state index < -0.39 is 61.4 Å². The van der Waals surface area contributed by atoms with E-state index in [-0.39, 0.29) is 76.8 Å². The molecule has 78 heavy (non-hydrogen) atoms. The molecule has 18 nitrogen and oxygen atoms in total. The number of nitrogens with zero attached hydrogens (tertiary/aromatic N) is 2. The Morgan fingerprint density at radius 2 is 1.09 bits per heavy atom. The number of aliphatic carboxylic acids is 1. The highest BCUT2D eigenvalue weighted by Gasteiger charge is 2.38. The lowest BCUT2D eigenvalue weighted by molar-refractivity contribution is -0.192. The number of hydrogen-bond acceptors (Lipinski definition) is 12. The predicted octanol–water partition coefficient (Wildman–Crippen LogP) is 7.05. The maximum Gasteiger partial charge on any atom is 0.490 e. The molecule has 4 aromatic carbocycles. The van der Waals surface area contributed by atoms with Crippen molar-refractivity contribution >= 4 is 78.6 Å². The van der Waals surface area contributed by atoms with Crippen LogP contribution in [0.25, 0.3) is 0 Å². The van der Waals surface area contributed by atoms with Crippen LogP contribution in [0.15, 0.2) is 107 Å². The third kappa shape index (κ3) is 21.2.